The monoisotopic (exact) mass is 304 g/mol. The molecule has 102 valence electrons. The third kappa shape index (κ3) is 3.00. The first-order valence-electron chi connectivity index (χ1n) is 6.03. The summed E-state index contributed by atoms with van der Waals surface area (Å²) < 4.78 is 2.23. The number of rotatable bonds is 4. The third-order valence-corrected chi connectivity index (χ3v) is 5.09. The molecule has 6 heteroatoms. The number of quaternary nitrogens is 1. The van der Waals surface area contributed by atoms with Crippen LogP contribution in [-0.4, -0.2) is 10.2 Å². The van der Waals surface area contributed by atoms with Crippen LogP contribution in [0.3, 0.4) is 0 Å². The van der Waals surface area contributed by atoms with E-state index in [0.717, 1.165) is 21.2 Å². The van der Waals surface area contributed by atoms with Gasteiger partial charge in [0.2, 0.25) is 0 Å². The summed E-state index contributed by atoms with van der Waals surface area (Å²) in [6.45, 7) is 0. The molecule has 3 aromatic rings. The van der Waals surface area contributed by atoms with Gasteiger partial charge in [-0.3, -0.25) is 0 Å². The predicted octanol–water partition coefficient (Wildman–Crippen LogP) is 2.99. The first kappa shape index (κ1) is 13.5. The summed E-state index contributed by atoms with van der Waals surface area (Å²) in [5.74, 6) is 0.791. The largest absolute Gasteiger partial charge is 0.595 e. The molecule has 0 saturated carbocycles. The van der Waals surface area contributed by atoms with E-state index in [2.05, 4.69) is 11.1 Å². The molecule has 0 aliphatic rings. The van der Waals surface area contributed by atoms with Crippen molar-refractivity contribution in [3.8, 4) is 0 Å². The van der Waals surface area contributed by atoms with Gasteiger partial charge >= 0.3 is 0 Å². The van der Waals surface area contributed by atoms with Crippen molar-refractivity contribution in [2.75, 3.05) is 0 Å². The van der Waals surface area contributed by atoms with Crippen LogP contribution in [0, 0.1) is 5.21 Å². The number of thiazole rings is 1. The molecule has 0 fully saturated rings. The van der Waals surface area contributed by atoms with Gasteiger partial charge in [0.05, 0.1) is 10.2 Å². The van der Waals surface area contributed by atoms with Crippen molar-refractivity contribution in [2.24, 2.45) is 0 Å². The van der Waals surface area contributed by atoms with Gasteiger partial charge in [-0.05, 0) is 17.7 Å². The number of benzene rings is 2. The number of nitrogens with one attached hydrogen (secondary N) is 1. The molecular weight excluding hydrogens is 292 g/mol. The van der Waals surface area contributed by atoms with Crippen LogP contribution in [-0.2, 0) is 5.75 Å². The predicted molar refractivity (Wildman–Crippen MR) is 81.4 cm³/mol. The van der Waals surface area contributed by atoms with Crippen LogP contribution >= 0.6 is 23.1 Å². The molecular formula is C14H12N2O2S2. The van der Waals surface area contributed by atoms with Gasteiger partial charge in [0.25, 0.3) is 0 Å². The molecule has 3 rings (SSSR count). The Morgan fingerprint density at radius 1 is 1.15 bits per heavy atom. The Morgan fingerprint density at radius 2 is 1.90 bits per heavy atom. The van der Waals surface area contributed by atoms with Gasteiger partial charge in [-0.15, -0.1) is 11.3 Å². The highest BCUT2D eigenvalue weighted by atomic mass is 32.2. The minimum atomic E-state index is -0.893. The van der Waals surface area contributed by atoms with E-state index in [1.807, 2.05) is 30.3 Å². The molecule has 0 spiro atoms. The summed E-state index contributed by atoms with van der Waals surface area (Å²) >= 11 is 3.36. The van der Waals surface area contributed by atoms with Crippen LogP contribution < -0.4 is 5.23 Å². The molecule has 2 aromatic carbocycles. The zero-order chi connectivity index (χ0) is 13.9. The first-order chi connectivity index (χ1) is 9.72. The van der Waals surface area contributed by atoms with Gasteiger partial charge in [-0.2, -0.15) is 5.23 Å². The summed E-state index contributed by atoms with van der Waals surface area (Å²) in [5.41, 5.74) is 2.44. The SMILES string of the molecule is [O-][NH+](O)c1ccc(CSc2nc3ccccc3s2)cc1. The van der Waals surface area contributed by atoms with E-state index in [-0.39, 0.29) is 0 Å². The lowest BCUT2D eigenvalue weighted by Gasteiger charge is -2.11. The lowest BCUT2D eigenvalue weighted by Crippen LogP contribution is -2.99. The highest BCUT2D eigenvalue weighted by molar-refractivity contribution is 8.00. The van der Waals surface area contributed by atoms with Crippen molar-refractivity contribution in [1.29, 1.82) is 0 Å². The third-order valence-electron chi connectivity index (χ3n) is 2.84. The Bertz CT molecular complexity index is 678. The van der Waals surface area contributed by atoms with Crippen LogP contribution in [0.2, 0.25) is 0 Å². The lowest BCUT2D eigenvalue weighted by molar-refractivity contribution is -0.991. The number of para-hydroxylation sites is 1. The maximum atomic E-state index is 10.8. The maximum Gasteiger partial charge on any atom is 0.163 e. The average Bonchev–Trinajstić information content (AvgIpc) is 2.88. The normalized spacial score (nSPS) is 12.7. The van der Waals surface area contributed by atoms with E-state index in [4.69, 9.17) is 5.21 Å². The fourth-order valence-corrected chi connectivity index (χ4v) is 3.83. The Hall–Kier alpha value is -1.44. The average molecular weight is 304 g/mol. The Morgan fingerprint density at radius 3 is 2.60 bits per heavy atom. The van der Waals surface area contributed by atoms with E-state index in [1.165, 1.54) is 4.70 Å². The standard InChI is InChI=1S/C14H12N2O2S2/c17-16(18)11-7-5-10(6-8-11)9-19-14-15-12-3-1-2-4-13(12)20-14/h1-8,16-17H,9H2. The minimum absolute atomic E-state index is 0.318. The van der Waals surface area contributed by atoms with Crippen LogP contribution in [0.15, 0.2) is 52.9 Å². The smallest absolute Gasteiger partial charge is 0.163 e. The van der Waals surface area contributed by atoms with E-state index in [1.54, 1.807) is 35.2 Å². The van der Waals surface area contributed by atoms with Gasteiger partial charge in [-0.25, -0.2) is 10.2 Å². The summed E-state index contributed by atoms with van der Waals surface area (Å²) in [6.07, 6.45) is 0. The van der Waals surface area contributed by atoms with Crippen LogP contribution in [0.1, 0.15) is 5.56 Å². The topological polar surface area (TPSA) is 60.6 Å². The van der Waals surface area contributed by atoms with Crippen molar-refractivity contribution >= 4 is 39.0 Å². The maximum absolute atomic E-state index is 10.8. The van der Waals surface area contributed by atoms with E-state index >= 15 is 0 Å². The van der Waals surface area contributed by atoms with Gasteiger partial charge < -0.3 is 5.21 Å². The summed E-state index contributed by atoms with van der Waals surface area (Å²) in [5, 5.41) is 18.7. The van der Waals surface area contributed by atoms with Crippen LogP contribution in [0.25, 0.3) is 10.2 Å². The molecule has 1 heterocycles. The van der Waals surface area contributed by atoms with Gasteiger partial charge in [0, 0.05) is 17.9 Å². The van der Waals surface area contributed by atoms with Crippen molar-refractivity contribution < 1.29 is 10.4 Å². The second-order valence-corrected chi connectivity index (χ2v) is 6.49. The van der Waals surface area contributed by atoms with Crippen LogP contribution in [0.4, 0.5) is 5.69 Å². The Labute approximate surface area is 124 Å². The fourth-order valence-electron chi connectivity index (χ4n) is 1.80. The highest BCUT2D eigenvalue weighted by Gasteiger charge is 2.05. The second kappa shape index (κ2) is 5.90. The summed E-state index contributed by atoms with van der Waals surface area (Å²) in [6, 6.07) is 15.1. The highest BCUT2D eigenvalue weighted by Crippen LogP contribution is 2.31. The molecule has 1 unspecified atom stereocenters. The fraction of sp³-hybridized carbons (Fsp3) is 0.0714. The molecule has 0 aliphatic heterocycles. The molecule has 0 aliphatic carbocycles. The van der Waals surface area contributed by atoms with E-state index in [0.29, 0.717) is 5.69 Å². The zero-order valence-electron chi connectivity index (χ0n) is 10.4. The number of hydrogen-bond donors (Lipinski definition) is 2. The quantitative estimate of drug-likeness (QED) is 0.574. The molecule has 20 heavy (non-hydrogen) atoms. The number of hydrogen-bond acceptors (Lipinski definition) is 5. The van der Waals surface area contributed by atoms with Crippen molar-refractivity contribution in [3.63, 3.8) is 0 Å². The van der Waals surface area contributed by atoms with Crippen LogP contribution in [0.5, 0.6) is 0 Å². The molecule has 0 bridgehead atoms. The molecule has 0 amide bonds. The number of nitrogens with zero attached hydrogens (tertiary/aromatic N) is 1. The van der Waals surface area contributed by atoms with Crippen molar-refractivity contribution in [3.05, 3.63) is 59.3 Å². The molecule has 1 aromatic heterocycles. The number of thioether (sulfide) groups is 1. The molecule has 4 nitrogen and oxygen atoms in total. The second-order valence-electron chi connectivity index (χ2n) is 4.24. The minimum Gasteiger partial charge on any atom is -0.595 e. The Kier molecular flexibility index (Phi) is 4.00. The Balaban J connectivity index is 1.69. The number of aromatic nitrogens is 1. The number of fused-ring (bicyclic) bond motifs is 1. The van der Waals surface area contributed by atoms with Gasteiger partial charge in [0.15, 0.2) is 10.0 Å². The first-order valence-corrected chi connectivity index (χ1v) is 7.83. The van der Waals surface area contributed by atoms with E-state index in [9.17, 15) is 5.21 Å². The van der Waals surface area contributed by atoms with E-state index < -0.39 is 5.23 Å². The van der Waals surface area contributed by atoms with Gasteiger partial charge in [0.1, 0.15) is 0 Å². The molecule has 0 saturated heterocycles. The zero-order valence-corrected chi connectivity index (χ0v) is 12.1. The summed E-state index contributed by atoms with van der Waals surface area (Å²) in [7, 11) is 0. The molecule has 1 atom stereocenters. The van der Waals surface area contributed by atoms with Crippen molar-refractivity contribution in [1.82, 2.24) is 4.98 Å². The van der Waals surface area contributed by atoms with Gasteiger partial charge in [-0.1, -0.05) is 36.0 Å². The lowest BCUT2D eigenvalue weighted by atomic mass is 10.2. The summed E-state index contributed by atoms with van der Waals surface area (Å²) in [4.78, 5) is 4.56. The molecule has 2 N–H and O–H groups in total. The van der Waals surface area contributed by atoms with Crippen molar-refractivity contribution in [2.45, 2.75) is 10.1 Å². The molecule has 0 radical (unpaired) electrons.